The molecule has 1 aliphatic rings. The van der Waals surface area contributed by atoms with Gasteiger partial charge in [0.25, 0.3) is 0 Å². The zero-order chi connectivity index (χ0) is 17.1. The first-order valence-corrected chi connectivity index (χ1v) is 8.03. The molecule has 126 valence electrons. The predicted molar refractivity (Wildman–Crippen MR) is 91.9 cm³/mol. The second kappa shape index (κ2) is 7.01. The maximum Gasteiger partial charge on any atom is 0.228 e. The molecular formula is C19H21FN2O2. The summed E-state index contributed by atoms with van der Waals surface area (Å²) >= 11 is 0. The van der Waals surface area contributed by atoms with E-state index in [0.717, 1.165) is 29.0 Å². The average Bonchev–Trinajstić information content (AvgIpc) is 2.59. The fourth-order valence-corrected chi connectivity index (χ4v) is 2.98. The molecule has 0 radical (unpaired) electrons. The van der Waals surface area contributed by atoms with Gasteiger partial charge in [0.1, 0.15) is 11.6 Å². The van der Waals surface area contributed by atoms with Crippen LogP contribution in [0, 0.1) is 12.7 Å². The molecule has 24 heavy (non-hydrogen) atoms. The number of rotatable bonds is 4. The highest BCUT2D eigenvalue weighted by molar-refractivity contribution is 5.92. The van der Waals surface area contributed by atoms with Crippen molar-refractivity contribution >= 4 is 11.6 Å². The van der Waals surface area contributed by atoms with Gasteiger partial charge < -0.3 is 15.4 Å². The number of fused-ring (bicyclic) bond motifs is 1. The fraction of sp³-hybridized carbons (Fsp3) is 0.316. The molecule has 3 rings (SSSR count). The molecule has 0 bridgehead atoms. The lowest BCUT2D eigenvalue weighted by Crippen LogP contribution is -2.25. The SMILES string of the molecule is COc1cc(CC(=O)Nc2ccc3c(c2F)CCNC3)ccc1C. The van der Waals surface area contributed by atoms with Crippen LogP contribution >= 0.6 is 0 Å². The van der Waals surface area contributed by atoms with Crippen LogP contribution in [0.25, 0.3) is 0 Å². The van der Waals surface area contributed by atoms with Crippen molar-refractivity contribution in [2.24, 2.45) is 0 Å². The lowest BCUT2D eigenvalue weighted by atomic mass is 9.99. The smallest absolute Gasteiger partial charge is 0.228 e. The van der Waals surface area contributed by atoms with Gasteiger partial charge in [-0.15, -0.1) is 0 Å². The van der Waals surface area contributed by atoms with E-state index in [1.54, 1.807) is 13.2 Å². The highest BCUT2D eigenvalue weighted by Crippen LogP contribution is 2.25. The summed E-state index contributed by atoms with van der Waals surface area (Å²) in [6.45, 7) is 3.37. The number of carbonyl (C=O) groups is 1. The number of methoxy groups -OCH3 is 1. The Morgan fingerprint density at radius 1 is 1.33 bits per heavy atom. The minimum Gasteiger partial charge on any atom is -0.496 e. The molecule has 2 N–H and O–H groups in total. The molecular weight excluding hydrogens is 307 g/mol. The minimum atomic E-state index is -0.316. The van der Waals surface area contributed by atoms with E-state index in [4.69, 9.17) is 4.74 Å². The fourth-order valence-electron chi connectivity index (χ4n) is 2.98. The monoisotopic (exact) mass is 328 g/mol. The van der Waals surface area contributed by atoms with Gasteiger partial charge in [-0.05, 0) is 54.3 Å². The highest BCUT2D eigenvalue weighted by atomic mass is 19.1. The molecule has 1 heterocycles. The topological polar surface area (TPSA) is 50.4 Å². The van der Waals surface area contributed by atoms with Crippen LogP contribution in [0.2, 0.25) is 0 Å². The van der Waals surface area contributed by atoms with Crippen molar-refractivity contribution in [2.75, 3.05) is 19.0 Å². The van der Waals surface area contributed by atoms with Crippen LogP contribution in [0.5, 0.6) is 5.75 Å². The summed E-state index contributed by atoms with van der Waals surface area (Å²) in [6, 6.07) is 9.13. The number of aryl methyl sites for hydroxylation is 1. The van der Waals surface area contributed by atoms with Gasteiger partial charge in [0.2, 0.25) is 5.91 Å². The second-order valence-corrected chi connectivity index (χ2v) is 6.02. The van der Waals surface area contributed by atoms with Gasteiger partial charge >= 0.3 is 0 Å². The molecule has 1 aliphatic heterocycles. The van der Waals surface area contributed by atoms with Crippen molar-refractivity contribution in [1.29, 1.82) is 0 Å². The number of benzene rings is 2. The molecule has 0 unspecified atom stereocenters. The third kappa shape index (κ3) is 3.41. The van der Waals surface area contributed by atoms with E-state index >= 15 is 0 Å². The van der Waals surface area contributed by atoms with Gasteiger partial charge in [0.05, 0.1) is 19.2 Å². The van der Waals surface area contributed by atoms with Crippen molar-refractivity contribution < 1.29 is 13.9 Å². The maximum atomic E-state index is 14.6. The molecule has 0 saturated heterocycles. The summed E-state index contributed by atoms with van der Waals surface area (Å²) < 4.78 is 19.8. The standard InChI is InChI=1S/C19H21FN2O2/c1-12-3-4-13(9-17(12)24-2)10-18(23)22-16-6-5-14-11-21-8-7-15(14)19(16)20/h3-6,9,21H,7-8,10-11H2,1-2H3,(H,22,23). The minimum absolute atomic E-state index is 0.175. The Balaban J connectivity index is 1.73. The Hall–Kier alpha value is -2.40. The molecule has 0 saturated carbocycles. The van der Waals surface area contributed by atoms with Crippen molar-refractivity contribution in [3.05, 3.63) is 58.4 Å². The van der Waals surface area contributed by atoms with Crippen molar-refractivity contribution in [1.82, 2.24) is 5.32 Å². The van der Waals surface area contributed by atoms with Crippen LogP contribution in [-0.4, -0.2) is 19.6 Å². The number of amides is 1. The third-order valence-corrected chi connectivity index (χ3v) is 4.32. The highest BCUT2D eigenvalue weighted by Gasteiger charge is 2.17. The van der Waals surface area contributed by atoms with Crippen LogP contribution in [0.3, 0.4) is 0 Å². The summed E-state index contributed by atoms with van der Waals surface area (Å²) in [5.74, 6) is 0.185. The van der Waals surface area contributed by atoms with Gasteiger partial charge in [-0.2, -0.15) is 0 Å². The largest absolute Gasteiger partial charge is 0.496 e. The van der Waals surface area contributed by atoms with Gasteiger partial charge in [-0.3, -0.25) is 4.79 Å². The number of ether oxygens (including phenoxy) is 1. The summed E-state index contributed by atoms with van der Waals surface area (Å²) in [6.07, 6.45) is 0.814. The van der Waals surface area contributed by atoms with Crippen molar-refractivity contribution in [3.63, 3.8) is 0 Å². The first kappa shape index (κ1) is 16.5. The summed E-state index contributed by atoms with van der Waals surface area (Å²) in [5, 5.41) is 5.90. The van der Waals surface area contributed by atoms with Crippen LogP contribution in [0.15, 0.2) is 30.3 Å². The lowest BCUT2D eigenvalue weighted by molar-refractivity contribution is -0.115. The Bertz CT molecular complexity index is 774. The lowest BCUT2D eigenvalue weighted by Gasteiger charge is -2.19. The number of hydrogen-bond acceptors (Lipinski definition) is 3. The number of hydrogen-bond donors (Lipinski definition) is 2. The molecule has 0 fully saturated rings. The summed E-state index contributed by atoms with van der Waals surface area (Å²) in [5.41, 5.74) is 3.75. The number of nitrogens with one attached hydrogen (secondary N) is 2. The van der Waals surface area contributed by atoms with E-state index in [0.29, 0.717) is 18.5 Å². The van der Waals surface area contributed by atoms with E-state index in [-0.39, 0.29) is 23.8 Å². The number of anilines is 1. The van der Waals surface area contributed by atoms with E-state index in [2.05, 4.69) is 10.6 Å². The molecule has 0 spiro atoms. The maximum absolute atomic E-state index is 14.6. The van der Waals surface area contributed by atoms with Gasteiger partial charge in [-0.1, -0.05) is 18.2 Å². The Kier molecular flexibility index (Phi) is 4.81. The van der Waals surface area contributed by atoms with Gasteiger partial charge in [0, 0.05) is 6.54 Å². The Morgan fingerprint density at radius 2 is 2.17 bits per heavy atom. The van der Waals surface area contributed by atoms with E-state index in [1.807, 2.05) is 31.2 Å². The molecule has 0 aliphatic carbocycles. The first-order chi connectivity index (χ1) is 11.6. The molecule has 0 aromatic heterocycles. The van der Waals surface area contributed by atoms with Crippen molar-refractivity contribution in [2.45, 2.75) is 26.3 Å². The normalized spacial score (nSPS) is 13.3. The number of halogens is 1. The molecule has 4 nitrogen and oxygen atoms in total. The molecule has 0 atom stereocenters. The van der Waals surface area contributed by atoms with Crippen molar-refractivity contribution in [3.8, 4) is 5.75 Å². The molecule has 5 heteroatoms. The quantitative estimate of drug-likeness (QED) is 0.907. The van der Waals surface area contributed by atoms with Crippen LogP contribution in [-0.2, 0) is 24.2 Å². The van der Waals surface area contributed by atoms with E-state index in [1.165, 1.54) is 0 Å². The van der Waals surface area contributed by atoms with Gasteiger partial charge in [-0.25, -0.2) is 4.39 Å². The van der Waals surface area contributed by atoms with E-state index in [9.17, 15) is 9.18 Å². The van der Waals surface area contributed by atoms with Crippen LogP contribution in [0.1, 0.15) is 22.3 Å². The summed E-state index contributed by atoms with van der Waals surface area (Å²) in [7, 11) is 1.60. The van der Waals surface area contributed by atoms with E-state index < -0.39 is 0 Å². The first-order valence-electron chi connectivity index (χ1n) is 8.03. The molecule has 2 aromatic carbocycles. The second-order valence-electron chi connectivity index (χ2n) is 6.02. The molecule has 1 amide bonds. The predicted octanol–water partition coefficient (Wildman–Crippen LogP) is 2.97. The molecule has 2 aromatic rings. The summed E-state index contributed by atoms with van der Waals surface area (Å²) in [4.78, 5) is 12.3. The zero-order valence-electron chi connectivity index (χ0n) is 13.9. The number of carbonyl (C=O) groups excluding carboxylic acids is 1. The van der Waals surface area contributed by atoms with Crippen LogP contribution in [0.4, 0.5) is 10.1 Å². The third-order valence-electron chi connectivity index (χ3n) is 4.32. The Labute approximate surface area is 141 Å². The Morgan fingerprint density at radius 3 is 2.96 bits per heavy atom. The van der Waals surface area contributed by atoms with Crippen LogP contribution < -0.4 is 15.4 Å². The average molecular weight is 328 g/mol. The zero-order valence-corrected chi connectivity index (χ0v) is 13.9. The van der Waals surface area contributed by atoms with Gasteiger partial charge in [0.15, 0.2) is 0 Å².